The lowest BCUT2D eigenvalue weighted by Gasteiger charge is -2.24. The Morgan fingerprint density at radius 1 is 1.03 bits per heavy atom. The molecule has 0 radical (unpaired) electrons. The predicted molar refractivity (Wildman–Crippen MR) is 142 cm³/mol. The summed E-state index contributed by atoms with van der Waals surface area (Å²) in [5.74, 6) is -0.223. The number of ether oxygens (including phenoxy) is 1. The molecule has 1 fully saturated rings. The van der Waals surface area contributed by atoms with E-state index in [1.54, 1.807) is 16.7 Å². The second-order valence-electron chi connectivity index (χ2n) is 9.02. The van der Waals surface area contributed by atoms with Crippen LogP contribution < -0.4 is 15.1 Å². The molecule has 6 nitrogen and oxygen atoms in total. The number of benzene rings is 3. The van der Waals surface area contributed by atoms with Crippen LogP contribution in [0.3, 0.4) is 0 Å². The van der Waals surface area contributed by atoms with Crippen LogP contribution in [0.15, 0.2) is 76.5 Å². The van der Waals surface area contributed by atoms with E-state index in [4.69, 9.17) is 16.3 Å². The van der Waals surface area contributed by atoms with Crippen molar-refractivity contribution in [1.82, 2.24) is 5.32 Å². The summed E-state index contributed by atoms with van der Waals surface area (Å²) in [4.78, 5) is 31.8. The van der Waals surface area contributed by atoms with Crippen LogP contribution in [-0.4, -0.2) is 51.2 Å². The maximum Gasteiger partial charge on any atom is 0.259 e. The third-order valence-electron chi connectivity index (χ3n) is 6.52. The van der Waals surface area contributed by atoms with Crippen molar-refractivity contribution in [1.29, 1.82) is 0 Å². The molecule has 0 atom stereocenters. The van der Waals surface area contributed by atoms with Gasteiger partial charge >= 0.3 is 0 Å². The van der Waals surface area contributed by atoms with E-state index in [1.165, 1.54) is 4.90 Å². The Labute approximate surface area is 220 Å². The van der Waals surface area contributed by atoms with Crippen LogP contribution >= 0.6 is 23.4 Å². The number of hydrogen-bond acceptors (Lipinski definition) is 4. The normalized spacial score (nSPS) is 15.7. The molecule has 36 heavy (non-hydrogen) atoms. The SMILES string of the molecule is O=C(NCCC[NH+]1CCOCC1)c1ccc2c(c1)N(Cc1cccc(Cl)c1)C(=O)c1ccccc1S2. The van der Waals surface area contributed by atoms with E-state index in [2.05, 4.69) is 5.32 Å². The fraction of sp³-hybridized carbons (Fsp3) is 0.286. The lowest BCUT2D eigenvalue weighted by molar-refractivity contribution is -0.908. The molecular formula is C28H29ClN3O3S+. The number of carbonyl (C=O) groups is 2. The number of halogens is 1. The van der Waals surface area contributed by atoms with Crippen LogP contribution in [0.2, 0.25) is 5.02 Å². The molecule has 0 saturated carbocycles. The Morgan fingerprint density at radius 3 is 2.69 bits per heavy atom. The third kappa shape index (κ3) is 5.76. The molecule has 1 saturated heterocycles. The van der Waals surface area contributed by atoms with E-state index >= 15 is 0 Å². The molecular weight excluding hydrogens is 494 g/mol. The summed E-state index contributed by atoms with van der Waals surface area (Å²) < 4.78 is 5.41. The minimum Gasteiger partial charge on any atom is -0.370 e. The summed E-state index contributed by atoms with van der Waals surface area (Å²) in [6, 6.07) is 20.8. The van der Waals surface area contributed by atoms with Gasteiger partial charge in [0.15, 0.2) is 0 Å². The minimum atomic E-state index is -0.128. The van der Waals surface area contributed by atoms with Crippen molar-refractivity contribution in [3.63, 3.8) is 0 Å². The smallest absolute Gasteiger partial charge is 0.259 e. The van der Waals surface area contributed by atoms with Crippen molar-refractivity contribution in [2.45, 2.75) is 22.8 Å². The summed E-state index contributed by atoms with van der Waals surface area (Å²) in [7, 11) is 0. The van der Waals surface area contributed by atoms with Crippen molar-refractivity contribution in [2.24, 2.45) is 0 Å². The molecule has 2 heterocycles. The van der Waals surface area contributed by atoms with Crippen molar-refractivity contribution in [2.75, 3.05) is 44.3 Å². The zero-order valence-corrected chi connectivity index (χ0v) is 21.5. The first-order chi connectivity index (χ1) is 17.6. The van der Waals surface area contributed by atoms with E-state index in [-0.39, 0.29) is 11.8 Å². The second kappa shape index (κ2) is 11.5. The number of amides is 2. The van der Waals surface area contributed by atoms with Gasteiger partial charge in [0.2, 0.25) is 0 Å². The number of nitrogens with zero attached hydrogens (tertiary/aromatic N) is 1. The fourth-order valence-electron chi connectivity index (χ4n) is 4.59. The van der Waals surface area contributed by atoms with Crippen molar-refractivity contribution in [3.8, 4) is 0 Å². The lowest BCUT2D eigenvalue weighted by Crippen LogP contribution is -3.14. The van der Waals surface area contributed by atoms with Gasteiger partial charge in [0.05, 0.1) is 37.6 Å². The van der Waals surface area contributed by atoms with E-state index in [9.17, 15) is 9.59 Å². The van der Waals surface area contributed by atoms with E-state index < -0.39 is 0 Å². The van der Waals surface area contributed by atoms with Gasteiger partial charge in [-0.1, -0.05) is 47.6 Å². The molecule has 0 unspecified atom stereocenters. The summed E-state index contributed by atoms with van der Waals surface area (Å²) in [5.41, 5.74) is 2.85. The molecule has 2 aliphatic heterocycles. The first-order valence-electron chi connectivity index (χ1n) is 12.3. The van der Waals surface area contributed by atoms with Gasteiger partial charge < -0.3 is 19.9 Å². The zero-order valence-electron chi connectivity index (χ0n) is 20.0. The van der Waals surface area contributed by atoms with Gasteiger partial charge in [0.25, 0.3) is 11.8 Å². The summed E-state index contributed by atoms with van der Waals surface area (Å²) in [6.07, 6.45) is 0.913. The van der Waals surface area contributed by atoms with Gasteiger partial charge in [-0.05, 0) is 48.0 Å². The average molecular weight is 523 g/mol. The number of nitrogens with one attached hydrogen (secondary N) is 2. The van der Waals surface area contributed by atoms with Gasteiger partial charge in [0.1, 0.15) is 13.1 Å². The maximum absolute atomic E-state index is 13.7. The Bertz CT molecular complexity index is 1260. The highest BCUT2D eigenvalue weighted by Crippen LogP contribution is 2.42. The van der Waals surface area contributed by atoms with Gasteiger partial charge in [-0.2, -0.15) is 0 Å². The molecule has 2 N–H and O–H groups in total. The number of fused-ring (bicyclic) bond motifs is 2. The van der Waals surface area contributed by atoms with Gasteiger partial charge in [-0.25, -0.2) is 0 Å². The number of carbonyl (C=O) groups excluding carboxylic acids is 2. The first kappa shape index (κ1) is 24.8. The molecule has 0 bridgehead atoms. The van der Waals surface area contributed by atoms with Crippen LogP contribution in [0.1, 0.15) is 32.7 Å². The first-order valence-corrected chi connectivity index (χ1v) is 13.4. The predicted octanol–water partition coefficient (Wildman–Crippen LogP) is 3.69. The Balaban J connectivity index is 1.37. The summed E-state index contributed by atoms with van der Waals surface area (Å²) in [6.45, 7) is 5.65. The number of hydrogen-bond donors (Lipinski definition) is 2. The number of quaternary nitrogens is 1. The second-order valence-corrected chi connectivity index (χ2v) is 10.5. The van der Waals surface area contributed by atoms with E-state index in [0.717, 1.165) is 60.3 Å². The molecule has 186 valence electrons. The van der Waals surface area contributed by atoms with E-state index in [1.807, 2.05) is 66.7 Å². The molecule has 3 aromatic carbocycles. The Morgan fingerprint density at radius 2 is 1.86 bits per heavy atom. The van der Waals surface area contributed by atoms with Gasteiger partial charge in [-0.15, -0.1) is 0 Å². The van der Waals surface area contributed by atoms with Gasteiger partial charge in [0, 0.05) is 33.3 Å². The summed E-state index contributed by atoms with van der Waals surface area (Å²) in [5, 5.41) is 3.67. The standard InChI is InChI=1S/C28H28ClN3O3S/c29-22-6-3-5-20(17-22)19-32-24-18-21(27(33)30-11-4-12-31-13-15-35-16-14-31)9-10-26(24)36-25-8-2-1-7-23(25)28(32)34/h1-3,5-10,17-18H,4,11-16,19H2,(H,30,33)/p+1. The van der Waals surface area contributed by atoms with Gasteiger partial charge in [-0.3, -0.25) is 9.59 Å². The highest BCUT2D eigenvalue weighted by Gasteiger charge is 2.28. The number of morpholine rings is 1. The highest BCUT2D eigenvalue weighted by molar-refractivity contribution is 7.99. The molecule has 5 rings (SSSR count). The Kier molecular flexibility index (Phi) is 7.92. The van der Waals surface area contributed by atoms with Crippen LogP contribution in [0.5, 0.6) is 0 Å². The largest absolute Gasteiger partial charge is 0.370 e. The summed E-state index contributed by atoms with van der Waals surface area (Å²) >= 11 is 7.77. The topological polar surface area (TPSA) is 63.1 Å². The minimum absolute atomic E-state index is 0.0946. The molecule has 2 amide bonds. The molecule has 8 heteroatoms. The number of rotatable bonds is 7. The average Bonchev–Trinajstić information content (AvgIpc) is 3.01. The maximum atomic E-state index is 13.7. The monoisotopic (exact) mass is 522 g/mol. The highest BCUT2D eigenvalue weighted by atomic mass is 35.5. The molecule has 2 aliphatic rings. The van der Waals surface area contributed by atoms with E-state index in [0.29, 0.717) is 29.2 Å². The van der Waals surface area contributed by atoms with Crippen LogP contribution in [0, 0.1) is 0 Å². The van der Waals surface area contributed by atoms with Crippen molar-refractivity contribution in [3.05, 3.63) is 88.4 Å². The molecule has 0 aliphatic carbocycles. The Hall–Kier alpha value is -2.84. The zero-order chi connectivity index (χ0) is 24.9. The molecule has 3 aromatic rings. The van der Waals surface area contributed by atoms with Crippen molar-refractivity contribution >= 4 is 40.9 Å². The fourth-order valence-corrected chi connectivity index (χ4v) is 5.86. The molecule has 0 aromatic heterocycles. The number of anilines is 1. The third-order valence-corrected chi connectivity index (χ3v) is 7.89. The van der Waals surface area contributed by atoms with Crippen LogP contribution in [0.4, 0.5) is 5.69 Å². The lowest BCUT2D eigenvalue weighted by atomic mass is 10.1. The quantitative estimate of drug-likeness (QED) is 0.465. The van der Waals surface area contributed by atoms with Crippen LogP contribution in [-0.2, 0) is 11.3 Å². The van der Waals surface area contributed by atoms with Crippen molar-refractivity contribution < 1.29 is 19.2 Å². The van der Waals surface area contributed by atoms with Crippen LogP contribution in [0.25, 0.3) is 0 Å². The molecule has 0 spiro atoms.